The fourth-order valence-electron chi connectivity index (χ4n) is 1.37. The number of halogens is 3. The van der Waals surface area contributed by atoms with E-state index in [4.69, 9.17) is 16.3 Å². The van der Waals surface area contributed by atoms with Crippen LogP contribution in [0.3, 0.4) is 0 Å². The van der Waals surface area contributed by atoms with Gasteiger partial charge in [-0.05, 0) is 18.2 Å². The van der Waals surface area contributed by atoms with Gasteiger partial charge in [-0.1, -0.05) is 11.6 Å². The maximum atomic E-state index is 13.1. The summed E-state index contributed by atoms with van der Waals surface area (Å²) in [5.41, 5.74) is 0. The first-order valence-electron chi connectivity index (χ1n) is 5.38. The zero-order valence-corrected chi connectivity index (χ0v) is 12.0. The number of benzene rings is 1. The minimum atomic E-state index is -4.19. The highest BCUT2D eigenvalue weighted by Gasteiger charge is 2.18. The van der Waals surface area contributed by atoms with E-state index in [0.717, 1.165) is 6.07 Å². The van der Waals surface area contributed by atoms with E-state index in [2.05, 4.69) is 9.97 Å². The summed E-state index contributed by atoms with van der Waals surface area (Å²) in [7, 11) is -2.88. The summed E-state index contributed by atoms with van der Waals surface area (Å²) in [6.45, 7) is 0. The molecule has 0 saturated carbocycles. The molecule has 0 amide bonds. The summed E-state index contributed by atoms with van der Waals surface area (Å²) in [6, 6.07) is 3.42. The number of aromatic nitrogens is 2. The van der Waals surface area contributed by atoms with Gasteiger partial charge in [0.15, 0.2) is 11.6 Å². The zero-order valence-electron chi connectivity index (χ0n) is 10.5. The number of nitrogens with zero attached hydrogens (tertiary/aromatic N) is 2. The van der Waals surface area contributed by atoms with Gasteiger partial charge >= 0.3 is 0 Å². The van der Waals surface area contributed by atoms with Crippen LogP contribution in [0.15, 0.2) is 29.2 Å². The molecule has 2 rings (SSSR count). The zero-order chi connectivity index (χ0) is 15.6. The van der Waals surface area contributed by atoms with Crippen molar-refractivity contribution in [1.82, 2.24) is 9.97 Å². The van der Waals surface area contributed by atoms with Crippen LogP contribution in [-0.2, 0) is 10.0 Å². The Kier molecular flexibility index (Phi) is 4.24. The van der Waals surface area contributed by atoms with Gasteiger partial charge in [-0.25, -0.2) is 26.9 Å². The molecule has 112 valence electrons. The highest BCUT2D eigenvalue weighted by Crippen LogP contribution is 2.20. The second-order valence-corrected chi connectivity index (χ2v) is 5.81. The molecule has 1 aromatic carbocycles. The lowest BCUT2D eigenvalue weighted by Gasteiger charge is -2.08. The second kappa shape index (κ2) is 5.78. The van der Waals surface area contributed by atoms with Gasteiger partial charge in [0, 0.05) is 6.07 Å². The molecule has 0 bridgehead atoms. The predicted molar refractivity (Wildman–Crippen MR) is 70.8 cm³/mol. The monoisotopic (exact) mass is 335 g/mol. The lowest BCUT2D eigenvalue weighted by atomic mass is 10.3. The Labute approximate surface area is 123 Å². The van der Waals surface area contributed by atoms with Crippen LogP contribution in [0.5, 0.6) is 5.88 Å². The summed E-state index contributed by atoms with van der Waals surface area (Å²) < 4.78 is 56.7. The van der Waals surface area contributed by atoms with Gasteiger partial charge in [-0.15, -0.1) is 0 Å². The van der Waals surface area contributed by atoms with Crippen molar-refractivity contribution in [3.8, 4) is 5.88 Å². The van der Waals surface area contributed by atoms with Crippen LogP contribution in [0.4, 0.5) is 14.7 Å². The minimum absolute atomic E-state index is 0.0398. The van der Waals surface area contributed by atoms with Gasteiger partial charge in [-0.2, -0.15) is 4.98 Å². The molecule has 0 radical (unpaired) electrons. The van der Waals surface area contributed by atoms with Gasteiger partial charge in [0.25, 0.3) is 10.0 Å². The van der Waals surface area contributed by atoms with Crippen molar-refractivity contribution >= 4 is 27.6 Å². The first-order valence-corrected chi connectivity index (χ1v) is 7.24. The first kappa shape index (κ1) is 15.4. The van der Waals surface area contributed by atoms with Crippen molar-refractivity contribution < 1.29 is 21.9 Å². The van der Waals surface area contributed by atoms with Crippen molar-refractivity contribution in [2.75, 3.05) is 11.8 Å². The Morgan fingerprint density at radius 3 is 2.52 bits per heavy atom. The molecule has 21 heavy (non-hydrogen) atoms. The third-order valence-corrected chi connectivity index (χ3v) is 3.83. The molecule has 0 aliphatic rings. The van der Waals surface area contributed by atoms with Gasteiger partial charge in [0.05, 0.1) is 12.0 Å². The average Bonchev–Trinajstić information content (AvgIpc) is 2.40. The molecule has 0 saturated heterocycles. The standard InChI is InChI=1S/C11H8ClF2N3O3S/c1-20-10-5-9(12)15-11(16-10)17-21(18,19)6-2-3-7(13)8(14)4-6/h2-5H,1H3,(H,15,16,17). The number of nitrogens with one attached hydrogen (secondary N) is 1. The largest absolute Gasteiger partial charge is 0.481 e. The number of methoxy groups -OCH3 is 1. The number of anilines is 1. The number of ether oxygens (including phenoxy) is 1. The average molecular weight is 336 g/mol. The van der Waals surface area contributed by atoms with Crippen LogP contribution >= 0.6 is 11.6 Å². The summed E-state index contributed by atoms with van der Waals surface area (Å²) in [6.07, 6.45) is 0. The molecule has 6 nitrogen and oxygen atoms in total. The molecule has 0 fully saturated rings. The van der Waals surface area contributed by atoms with Crippen LogP contribution in [0.2, 0.25) is 5.15 Å². The van der Waals surface area contributed by atoms with E-state index in [1.54, 1.807) is 0 Å². The lowest BCUT2D eigenvalue weighted by molar-refractivity contribution is 0.397. The van der Waals surface area contributed by atoms with Gasteiger partial charge in [-0.3, -0.25) is 0 Å². The van der Waals surface area contributed by atoms with Crippen LogP contribution in [0, 0.1) is 11.6 Å². The Bertz CT molecular complexity index is 786. The Morgan fingerprint density at radius 2 is 1.90 bits per heavy atom. The van der Waals surface area contributed by atoms with E-state index < -0.39 is 26.6 Å². The van der Waals surface area contributed by atoms with E-state index in [-0.39, 0.29) is 17.0 Å². The van der Waals surface area contributed by atoms with Crippen molar-refractivity contribution in [2.24, 2.45) is 0 Å². The molecule has 0 atom stereocenters. The molecule has 10 heteroatoms. The summed E-state index contributed by atoms with van der Waals surface area (Å²) in [5, 5.41) is -0.0511. The van der Waals surface area contributed by atoms with E-state index in [1.165, 1.54) is 13.2 Å². The predicted octanol–water partition coefficient (Wildman–Crippen LogP) is 2.22. The van der Waals surface area contributed by atoms with E-state index in [1.807, 2.05) is 4.72 Å². The van der Waals surface area contributed by atoms with Crippen molar-refractivity contribution in [3.63, 3.8) is 0 Å². The van der Waals surface area contributed by atoms with Crippen molar-refractivity contribution in [1.29, 1.82) is 0 Å². The quantitative estimate of drug-likeness (QED) is 0.866. The van der Waals surface area contributed by atoms with E-state index in [0.29, 0.717) is 12.1 Å². The first-order chi connectivity index (χ1) is 9.81. The molecular weight excluding hydrogens is 328 g/mol. The molecule has 0 aliphatic heterocycles. The number of rotatable bonds is 4. The molecule has 1 aromatic heterocycles. The molecule has 1 heterocycles. The van der Waals surface area contributed by atoms with Gasteiger partial charge in [0.1, 0.15) is 5.15 Å². The third kappa shape index (κ3) is 3.56. The van der Waals surface area contributed by atoms with Crippen LogP contribution in [0.1, 0.15) is 0 Å². The molecule has 0 spiro atoms. The highest BCUT2D eigenvalue weighted by molar-refractivity contribution is 7.92. The van der Waals surface area contributed by atoms with Gasteiger partial charge in [0.2, 0.25) is 11.8 Å². The van der Waals surface area contributed by atoms with Crippen molar-refractivity contribution in [2.45, 2.75) is 4.90 Å². The minimum Gasteiger partial charge on any atom is -0.481 e. The maximum Gasteiger partial charge on any atom is 0.264 e. The number of hydrogen-bond acceptors (Lipinski definition) is 5. The highest BCUT2D eigenvalue weighted by atomic mass is 35.5. The Balaban J connectivity index is 2.37. The number of hydrogen-bond donors (Lipinski definition) is 1. The van der Waals surface area contributed by atoms with E-state index in [9.17, 15) is 17.2 Å². The lowest BCUT2D eigenvalue weighted by Crippen LogP contribution is -2.15. The summed E-state index contributed by atoms with van der Waals surface area (Å²) in [4.78, 5) is 6.89. The molecule has 0 unspecified atom stereocenters. The maximum absolute atomic E-state index is 13.1. The third-order valence-electron chi connectivity index (χ3n) is 2.31. The molecule has 0 aliphatic carbocycles. The SMILES string of the molecule is COc1cc(Cl)nc(NS(=O)(=O)c2ccc(F)c(F)c2)n1. The summed E-state index contributed by atoms with van der Waals surface area (Å²) >= 11 is 5.67. The van der Waals surface area contributed by atoms with Crippen molar-refractivity contribution in [3.05, 3.63) is 41.1 Å². The second-order valence-electron chi connectivity index (χ2n) is 3.74. The van der Waals surface area contributed by atoms with Crippen LogP contribution < -0.4 is 9.46 Å². The Morgan fingerprint density at radius 1 is 1.19 bits per heavy atom. The van der Waals surface area contributed by atoms with E-state index >= 15 is 0 Å². The molecular formula is C11H8ClF2N3O3S. The van der Waals surface area contributed by atoms with Gasteiger partial charge < -0.3 is 4.74 Å². The summed E-state index contributed by atoms with van der Waals surface area (Å²) in [5.74, 6) is -2.76. The molecule has 1 N–H and O–H groups in total. The molecule has 2 aromatic rings. The Hall–Kier alpha value is -2.00. The smallest absolute Gasteiger partial charge is 0.264 e. The van der Waals surface area contributed by atoms with Crippen LogP contribution in [-0.4, -0.2) is 25.5 Å². The fraction of sp³-hybridized carbons (Fsp3) is 0.0909. The number of sulfonamides is 1. The normalized spacial score (nSPS) is 11.2. The van der Waals surface area contributed by atoms with Crippen LogP contribution in [0.25, 0.3) is 0 Å². The topological polar surface area (TPSA) is 81.2 Å². The fourth-order valence-corrected chi connectivity index (χ4v) is 2.50.